The number of aryl methyl sites for hydroxylation is 2. The van der Waals surface area contributed by atoms with Gasteiger partial charge < -0.3 is 10.1 Å². The largest absolute Gasteiger partial charge is 0.492 e. The van der Waals surface area contributed by atoms with Gasteiger partial charge in [-0.3, -0.25) is 4.79 Å². The monoisotopic (exact) mass is 349 g/mol. The van der Waals surface area contributed by atoms with E-state index in [-0.39, 0.29) is 5.91 Å². The van der Waals surface area contributed by atoms with Crippen LogP contribution in [0, 0.1) is 6.92 Å². The Labute approximate surface area is 153 Å². The molecule has 26 heavy (non-hydrogen) atoms. The van der Waals surface area contributed by atoms with Crippen molar-refractivity contribution in [1.29, 1.82) is 0 Å². The summed E-state index contributed by atoms with van der Waals surface area (Å²) in [6.45, 7) is 2.98. The van der Waals surface area contributed by atoms with Crippen molar-refractivity contribution in [3.8, 4) is 11.4 Å². The second-order valence-electron chi connectivity index (χ2n) is 6.14. The lowest BCUT2D eigenvalue weighted by Gasteiger charge is -2.08. The second kappa shape index (κ2) is 8.85. The van der Waals surface area contributed by atoms with Crippen LogP contribution < -0.4 is 10.1 Å². The summed E-state index contributed by atoms with van der Waals surface area (Å²) in [6.07, 6.45) is 4.87. The molecule has 0 radical (unpaired) electrons. The van der Waals surface area contributed by atoms with Gasteiger partial charge in [-0.05, 0) is 48.7 Å². The van der Waals surface area contributed by atoms with Crippen LogP contribution >= 0.6 is 0 Å². The first-order chi connectivity index (χ1) is 12.7. The predicted molar refractivity (Wildman–Crippen MR) is 102 cm³/mol. The van der Waals surface area contributed by atoms with E-state index in [1.54, 1.807) is 6.20 Å². The zero-order valence-electron chi connectivity index (χ0n) is 14.9. The zero-order valence-corrected chi connectivity index (χ0v) is 14.9. The molecular formula is C21H23N3O2. The van der Waals surface area contributed by atoms with Gasteiger partial charge >= 0.3 is 0 Å². The molecule has 0 aliphatic heterocycles. The summed E-state index contributed by atoms with van der Waals surface area (Å²) in [5.74, 6) is 0.845. The number of carbonyl (C=O) groups is 1. The van der Waals surface area contributed by atoms with Crippen molar-refractivity contribution in [3.05, 3.63) is 78.1 Å². The van der Waals surface area contributed by atoms with E-state index in [9.17, 15) is 4.79 Å². The first-order valence-electron chi connectivity index (χ1n) is 8.76. The molecule has 0 unspecified atom stereocenters. The molecule has 5 heteroatoms. The Morgan fingerprint density at radius 3 is 2.81 bits per heavy atom. The molecule has 3 aromatic rings. The lowest BCUT2D eigenvalue weighted by atomic mass is 10.2. The van der Waals surface area contributed by atoms with Gasteiger partial charge in [-0.2, -0.15) is 5.10 Å². The lowest BCUT2D eigenvalue weighted by Crippen LogP contribution is -2.28. The van der Waals surface area contributed by atoms with Crippen LogP contribution in [0.2, 0.25) is 0 Å². The number of benzene rings is 2. The number of para-hydroxylation sites is 1. The standard InChI is InChI=1S/C21H23N3O2/c1-17-6-5-9-20(14-17)26-13-12-22-21(25)11-10-18-15-23-24(16-18)19-7-3-2-4-8-19/h2-9,14-16H,10-13H2,1H3,(H,22,25). The predicted octanol–water partition coefficient (Wildman–Crippen LogP) is 3.31. The Bertz CT molecular complexity index is 843. The van der Waals surface area contributed by atoms with Gasteiger partial charge in [0.15, 0.2) is 0 Å². The zero-order chi connectivity index (χ0) is 18.2. The molecule has 1 N–H and O–H groups in total. The third-order valence-corrected chi connectivity index (χ3v) is 3.98. The highest BCUT2D eigenvalue weighted by molar-refractivity contribution is 5.76. The summed E-state index contributed by atoms with van der Waals surface area (Å²) in [5, 5.41) is 7.23. The molecule has 0 saturated carbocycles. The molecule has 0 fully saturated rings. The molecule has 2 aromatic carbocycles. The van der Waals surface area contributed by atoms with Gasteiger partial charge in [0.25, 0.3) is 0 Å². The van der Waals surface area contributed by atoms with E-state index in [1.807, 2.05) is 72.4 Å². The van der Waals surface area contributed by atoms with Gasteiger partial charge in [-0.1, -0.05) is 30.3 Å². The Morgan fingerprint density at radius 1 is 1.15 bits per heavy atom. The van der Waals surface area contributed by atoms with E-state index in [0.717, 1.165) is 22.6 Å². The number of aromatic nitrogens is 2. The van der Waals surface area contributed by atoms with Crippen LogP contribution in [0.5, 0.6) is 5.75 Å². The van der Waals surface area contributed by atoms with Gasteiger partial charge in [-0.25, -0.2) is 4.68 Å². The van der Waals surface area contributed by atoms with Crippen molar-refractivity contribution in [1.82, 2.24) is 15.1 Å². The Morgan fingerprint density at radius 2 is 2.00 bits per heavy atom. The maximum atomic E-state index is 12.0. The number of rotatable bonds is 8. The molecule has 0 spiro atoms. The Balaban J connectivity index is 1.37. The number of carbonyl (C=O) groups excluding carboxylic acids is 1. The van der Waals surface area contributed by atoms with Crippen molar-refractivity contribution >= 4 is 5.91 Å². The first kappa shape index (κ1) is 17.7. The minimum Gasteiger partial charge on any atom is -0.492 e. The topological polar surface area (TPSA) is 56.1 Å². The highest BCUT2D eigenvalue weighted by atomic mass is 16.5. The maximum Gasteiger partial charge on any atom is 0.220 e. The van der Waals surface area contributed by atoms with Crippen LogP contribution in [0.3, 0.4) is 0 Å². The third-order valence-electron chi connectivity index (χ3n) is 3.98. The summed E-state index contributed by atoms with van der Waals surface area (Å²) in [7, 11) is 0. The van der Waals surface area contributed by atoms with Crippen molar-refractivity contribution in [2.75, 3.05) is 13.2 Å². The number of hydrogen-bond acceptors (Lipinski definition) is 3. The van der Waals surface area contributed by atoms with Crippen molar-refractivity contribution in [2.45, 2.75) is 19.8 Å². The van der Waals surface area contributed by atoms with E-state index >= 15 is 0 Å². The van der Waals surface area contributed by atoms with E-state index in [2.05, 4.69) is 10.4 Å². The van der Waals surface area contributed by atoms with Crippen LogP contribution in [0.15, 0.2) is 67.0 Å². The third kappa shape index (κ3) is 5.21. The molecule has 134 valence electrons. The number of nitrogens with one attached hydrogen (secondary N) is 1. The number of amides is 1. The molecule has 3 rings (SSSR count). The number of ether oxygens (including phenoxy) is 1. The van der Waals surface area contributed by atoms with Gasteiger partial charge in [0, 0.05) is 12.6 Å². The van der Waals surface area contributed by atoms with E-state index < -0.39 is 0 Å². The van der Waals surface area contributed by atoms with Crippen LogP contribution in [0.1, 0.15) is 17.5 Å². The van der Waals surface area contributed by atoms with E-state index in [0.29, 0.717) is 26.0 Å². The molecule has 0 aliphatic rings. The number of nitrogens with zero attached hydrogens (tertiary/aromatic N) is 2. The molecule has 0 bridgehead atoms. The van der Waals surface area contributed by atoms with Crippen LogP contribution in [-0.4, -0.2) is 28.8 Å². The summed E-state index contributed by atoms with van der Waals surface area (Å²) in [5.41, 5.74) is 3.21. The van der Waals surface area contributed by atoms with Gasteiger partial charge in [-0.15, -0.1) is 0 Å². The van der Waals surface area contributed by atoms with Crippen LogP contribution in [0.4, 0.5) is 0 Å². The maximum absolute atomic E-state index is 12.0. The van der Waals surface area contributed by atoms with Crippen molar-refractivity contribution in [3.63, 3.8) is 0 Å². The summed E-state index contributed by atoms with van der Waals surface area (Å²) >= 11 is 0. The van der Waals surface area contributed by atoms with Gasteiger partial charge in [0.2, 0.25) is 5.91 Å². The Kier molecular flexibility index (Phi) is 6.04. The SMILES string of the molecule is Cc1cccc(OCCNC(=O)CCc2cnn(-c3ccccc3)c2)c1. The molecule has 0 saturated heterocycles. The van der Waals surface area contributed by atoms with Crippen LogP contribution in [0.25, 0.3) is 5.69 Å². The fourth-order valence-electron chi connectivity index (χ4n) is 2.62. The molecule has 1 aromatic heterocycles. The normalized spacial score (nSPS) is 10.5. The average molecular weight is 349 g/mol. The summed E-state index contributed by atoms with van der Waals surface area (Å²) in [4.78, 5) is 12.0. The fourth-order valence-corrected chi connectivity index (χ4v) is 2.62. The lowest BCUT2D eigenvalue weighted by molar-refractivity contribution is -0.121. The molecule has 1 heterocycles. The molecular weight excluding hydrogens is 326 g/mol. The van der Waals surface area contributed by atoms with Crippen LogP contribution in [-0.2, 0) is 11.2 Å². The smallest absolute Gasteiger partial charge is 0.220 e. The van der Waals surface area contributed by atoms with E-state index in [4.69, 9.17) is 4.74 Å². The fraction of sp³-hybridized carbons (Fsp3) is 0.238. The minimum atomic E-state index is 0.0188. The average Bonchev–Trinajstić information content (AvgIpc) is 3.13. The van der Waals surface area contributed by atoms with E-state index in [1.165, 1.54) is 0 Å². The molecule has 0 atom stereocenters. The second-order valence-corrected chi connectivity index (χ2v) is 6.14. The quantitative estimate of drug-likeness (QED) is 0.635. The van der Waals surface area contributed by atoms with Gasteiger partial charge in [0.05, 0.1) is 18.4 Å². The molecule has 1 amide bonds. The minimum absolute atomic E-state index is 0.0188. The van der Waals surface area contributed by atoms with Gasteiger partial charge in [0.1, 0.15) is 12.4 Å². The first-order valence-corrected chi connectivity index (χ1v) is 8.76. The van der Waals surface area contributed by atoms with Crippen molar-refractivity contribution in [2.24, 2.45) is 0 Å². The highest BCUT2D eigenvalue weighted by Crippen LogP contribution is 2.12. The van der Waals surface area contributed by atoms with Crippen molar-refractivity contribution < 1.29 is 9.53 Å². The highest BCUT2D eigenvalue weighted by Gasteiger charge is 2.05. The Hall–Kier alpha value is -3.08. The molecule has 5 nitrogen and oxygen atoms in total. The number of hydrogen-bond donors (Lipinski definition) is 1. The summed E-state index contributed by atoms with van der Waals surface area (Å²) < 4.78 is 7.45. The summed E-state index contributed by atoms with van der Waals surface area (Å²) in [6, 6.07) is 17.8. The molecule has 0 aliphatic carbocycles.